The Morgan fingerprint density at radius 3 is 2.83 bits per heavy atom. The van der Waals surface area contributed by atoms with Gasteiger partial charge in [0.05, 0.1) is 11.5 Å². The predicted molar refractivity (Wildman–Crippen MR) is 63.6 cm³/mol. The number of nitro benzene ring substituents is 1. The van der Waals surface area contributed by atoms with Crippen molar-refractivity contribution in [1.29, 1.82) is 0 Å². The van der Waals surface area contributed by atoms with Gasteiger partial charge in [-0.1, -0.05) is 0 Å². The largest absolute Gasteiger partial charge is 0.465 e. The number of carbonyl (C=O) groups excluding carboxylic acids is 2. The Kier molecular flexibility index (Phi) is 4.79. The van der Waals surface area contributed by atoms with E-state index in [9.17, 15) is 19.7 Å². The Hall–Kier alpha value is -2.44. The first kappa shape index (κ1) is 13.6. The molecule has 0 aliphatic rings. The first-order valence-corrected chi connectivity index (χ1v) is 5.21. The van der Waals surface area contributed by atoms with Gasteiger partial charge in [-0.25, -0.2) is 0 Å². The van der Waals surface area contributed by atoms with Crippen LogP contribution in [0.15, 0.2) is 18.2 Å². The lowest BCUT2D eigenvalue weighted by atomic mass is 10.2. The minimum absolute atomic E-state index is 0.165. The van der Waals surface area contributed by atoms with Gasteiger partial charge in [0.2, 0.25) is 0 Å². The molecular weight excluding hydrogens is 240 g/mol. The van der Waals surface area contributed by atoms with Crippen LogP contribution >= 0.6 is 0 Å². The lowest BCUT2D eigenvalue weighted by Gasteiger charge is -2.06. The minimum atomic E-state index is -0.625. The number of rotatable bonds is 6. The topological polar surface area (TPSA) is 98.5 Å². The molecule has 7 heteroatoms. The average Bonchev–Trinajstić information content (AvgIpc) is 2.36. The zero-order chi connectivity index (χ0) is 13.5. The van der Waals surface area contributed by atoms with Crippen molar-refractivity contribution in [3.63, 3.8) is 0 Å². The molecule has 1 aromatic rings. The molecule has 0 radical (unpaired) electrons. The fourth-order valence-corrected chi connectivity index (χ4v) is 1.30. The third-order valence-corrected chi connectivity index (χ3v) is 2.08. The molecule has 0 saturated heterocycles. The molecule has 1 rings (SSSR count). The maximum atomic E-state index is 11.1. The summed E-state index contributed by atoms with van der Waals surface area (Å²) in [4.78, 5) is 31.8. The third kappa shape index (κ3) is 3.55. The van der Waals surface area contributed by atoms with Crippen LogP contribution in [0.1, 0.15) is 17.3 Å². The summed E-state index contributed by atoms with van der Waals surface area (Å²) in [5.74, 6) is -0.508. The molecule has 0 aromatic heterocycles. The molecule has 96 valence electrons. The molecule has 0 saturated carbocycles. The van der Waals surface area contributed by atoms with E-state index in [1.165, 1.54) is 12.1 Å². The van der Waals surface area contributed by atoms with Crippen molar-refractivity contribution in [1.82, 2.24) is 0 Å². The van der Waals surface area contributed by atoms with Crippen molar-refractivity contribution in [2.75, 3.05) is 18.5 Å². The van der Waals surface area contributed by atoms with Gasteiger partial charge in [-0.2, -0.15) is 0 Å². The number of nitrogens with one attached hydrogen (secondary N) is 1. The summed E-state index contributed by atoms with van der Waals surface area (Å²) in [6.07, 6.45) is 0.516. The second-order valence-corrected chi connectivity index (χ2v) is 3.31. The van der Waals surface area contributed by atoms with E-state index in [2.05, 4.69) is 10.1 Å². The maximum absolute atomic E-state index is 11.1. The monoisotopic (exact) mass is 252 g/mol. The fourth-order valence-electron chi connectivity index (χ4n) is 1.30. The number of benzene rings is 1. The average molecular weight is 252 g/mol. The summed E-state index contributed by atoms with van der Waals surface area (Å²) >= 11 is 0. The van der Waals surface area contributed by atoms with E-state index in [0.29, 0.717) is 6.29 Å². The molecule has 1 aromatic carbocycles. The Bertz CT molecular complexity index is 473. The highest BCUT2D eigenvalue weighted by Gasteiger charge is 2.15. The standard InChI is InChI=1S/C11H12N2O5/c1-2-18-11(15)6-12-9-4-3-8(7-14)5-10(9)13(16)17/h3-5,7,12H,2,6H2,1H3. The van der Waals surface area contributed by atoms with E-state index in [-0.39, 0.29) is 30.1 Å². The second-order valence-electron chi connectivity index (χ2n) is 3.31. The first-order chi connectivity index (χ1) is 8.58. The summed E-state index contributed by atoms with van der Waals surface area (Å²) in [7, 11) is 0. The van der Waals surface area contributed by atoms with Crippen LogP contribution in [0.25, 0.3) is 0 Å². The number of carbonyl (C=O) groups is 2. The molecule has 1 N–H and O–H groups in total. The molecule has 0 aliphatic heterocycles. The number of hydrogen-bond acceptors (Lipinski definition) is 6. The van der Waals surface area contributed by atoms with Crippen molar-refractivity contribution in [2.24, 2.45) is 0 Å². The van der Waals surface area contributed by atoms with E-state index in [1.807, 2.05) is 0 Å². The Labute approximate surface area is 103 Å². The lowest BCUT2D eigenvalue weighted by Crippen LogP contribution is -2.17. The number of aldehydes is 1. The van der Waals surface area contributed by atoms with E-state index in [0.717, 1.165) is 6.07 Å². The number of hydrogen-bond donors (Lipinski definition) is 1. The Morgan fingerprint density at radius 2 is 2.28 bits per heavy atom. The predicted octanol–water partition coefficient (Wildman–Crippen LogP) is 1.38. The normalized spacial score (nSPS) is 9.61. The lowest BCUT2D eigenvalue weighted by molar-refractivity contribution is -0.384. The zero-order valence-electron chi connectivity index (χ0n) is 9.71. The van der Waals surface area contributed by atoms with Gasteiger partial charge in [0.25, 0.3) is 5.69 Å². The van der Waals surface area contributed by atoms with Gasteiger partial charge < -0.3 is 10.1 Å². The molecular formula is C11H12N2O5. The molecule has 0 atom stereocenters. The number of ether oxygens (including phenoxy) is 1. The van der Waals surface area contributed by atoms with Gasteiger partial charge in [0.15, 0.2) is 0 Å². The molecule has 0 heterocycles. The van der Waals surface area contributed by atoms with Crippen molar-refractivity contribution in [3.8, 4) is 0 Å². The molecule has 0 aliphatic carbocycles. The molecule has 18 heavy (non-hydrogen) atoms. The summed E-state index contributed by atoms with van der Waals surface area (Å²) in [5, 5.41) is 13.4. The van der Waals surface area contributed by atoms with E-state index in [4.69, 9.17) is 0 Å². The zero-order valence-corrected chi connectivity index (χ0v) is 9.71. The molecule has 0 bridgehead atoms. The SMILES string of the molecule is CCOC(=O)CNc1ccc(C=O)cc1[N+](=O)[O-]. The summed E-state index contributed by atoms with van der Waals surface area (Å²) < 4.78 is 4.68. The maximum Gasteiger partial charge on any atom is 0.325 e. The minimum Gasteiger partial charge on any atom is -0.465 e. The van der Waals surface area contributed by atoms with Crippen LogP contribution in [-0.2, 0) is 9.53 Å². The van der Waals surface area contributed by atoms with Crippen molar-refractivity contribution in [2.45, 2.75) is 6.92 Å². The van der Waals surface area contributed by atoms with E-state index < -0.39 is 10.9 Å². The van der Waals surface area contributed by atoms with Gasteiger partial charge in [-0.15, -0.1) is 0 Å². The van der Waals surface area contributed by atoms with Crippen LogP contribution in [0, 0.1) is 10.1 Å². The van der Waals surface area contributed by atoms with Crippen LogP contribution in [0.3, 0.4) is 0 Å². The molecule has 0 amide bonds. The highest BCUT2D eigenvalue weighted by Crippen LogP contribution is 2.24. The van der Waals surface area contributed by atoms with Crippen LogP contribution in [-0.4, -0.2) is 30.3 Å². The van der Waals surface area contributed by atoms with Gasteiger partial charge in [0.1, 0.15) is 18.5 Å². The molecule has 0 spiro atoms. The van der Waals surface area contributed by atoms with E-state index >= 15 is 0 Å². The third-order valence-electron chi connectivity index (χ3n) is 2.08. The molecule has 0 fully saturated rings. The van der Waals surface area contributed by atoms with Crippen molar-refractivity contribution >= 4 is 23.6 Å². The van der Waals surface area contributed by atoms with Crippen LogP contribution < -0.4 is 5.32 Å². The van der Waals surface area contributed by atoms with Gasteiger partial charge in [-0.3, -0.25) is 19.7 Å². The quantitative estimate of drug-likeness (QED) is 0.355. The second kappa shape index (κ2) is 6.33. The van der Waals surface area contributed by atoms with Crippen molar-refractivity contribution < 1.29 is 19.2 Å². The summed E-state index contributed by atoms with van der Waals surface area (Å²) in [6.45, 7) is 1.74. The number of nitro groups is 1. The Morgan fingerprint density at radius 1 is 1.56 bits per heavy atom. The van der Waals surface area contributed by atoms with Gasteiger partial charge in [0, 0.05) is 11.6 Å². The van der Waals surface area contributed by atoms with Crippen LogP contribution in [0.2, 0.25) is 0 Å². The van der Waals surface area contributed by atoms with Gasteiger partial charge >= 0.3 is 5.97 Å². The number of esters is 1. The van der Waals surface area contributed by atoms with Gasteiger partial charge in [-0.05, 0) is 19.1 Å². The highest BCUT2D eigenvalue weighted by molar-refractivity contribution is 5.81. The number of anilines is 1. The van der Waals surface area contributed by atoms with E-state index in [1.54, 1.807) is 6.92 Å². The summed E-state index contributed by atoms with van der Waals surface area (Å²) in [5.41, 5.74) is 0.103. The molecule has 7 nitrogen and oxygen atoms in total. The van der Waals surface area contributed by atoms with Crippen LogP contribution in [0.5, 0.6) is 0 Å². The van der Waals surface area contributed by atoms with Crippen LogP contribution in [0.4, 0.5) is 11.4 Å². The fraction of sp³-hybridized carbons (Fsp3) is 0.273. The first-order valence-electron chi connectivity index (χ1n) is 5.21. The summed E-state index contributed by atoms with van der Waals surface area (Å²) in [6, 6.07) is 3.94. The smallest absolute Gasteiger partial charge is 0.325 e. The van der Waals surface area contributed by atoms with Crippen molar-refractivity contribution in [3.05, 3.63) is 33.9 Å². The molecule has 0 unspecified atom stereocenters. The number of nitrogens with zero attached hydrogens (tertiary/aromatic N) is 1. The Balaban J connectivity index is 2.84. The highest BCUT2D eigenvalue weighted by atomic mass is 16.6.